The molecule has 0 spiro atoms. The summed E-state index contributed by atoms with van der Waals surface area (Å²) in [5.41, 5.74) is -1.24. The number of hydrogen-bond donors (Lipinski definition) is 1. The van der Waals surface area contributed by atoms with Gasteiger partial charge in [0.15, 0.2) is 5.66 Å². The van der Waals surface area contributed by atoms with Crippen LogP contribution in [0.1, 0.15) is 13.3 Å². The van der Waals surface area contributed by atoms with E-state index in [-0.39, 0.29) is 6.42 Å². The molecule has 1 atom stereocenters. The molecule has 0 heterocycles. The normalized spacial score (nSPS) is 12.4. The summed E-state index contributed by atoms with van der Waals surface area (Å²) in [5.74, 6) is -0.597. The molecule has 0 aliphatic carbocycles. The predicted octanol–water partition coefficient (Wildman–Crippen LogP) is 4.20. The molecule has 2 aromatic rings. The average Bonchev–Trinajstić information content (AvgIpc) is 2.49. The van der Waals surface area contributed by atoms with E-state index >= 15 is 0 Å². The molecule has 0 bridgehead atoms. The summed E-state index contributed by atoms with van der Waals surface area (Å²) in [7, 11) is -3.93. The van der Waals surface area contributed by atoms with E-state index < -0.39 is 19.2 Å². The van der Waals surface area contributed by atoms with Crippen molar-refractivity contribution < 1.29 is 23.5 Å². The van der Waals surface area contributed by atoms with Gasteiger partial charge < -0.3 is 14.2 Å². The maximum atomic E-state index is 13.1. The fourth-order valence-electron chi connectivity index (χ4n) is 1.94. The number of benzene rings is 2. The summed E-state index contributed by atoms with van der Waals surface area (Å²) in [4.78, 5) is 11.4. The van der Waals surface area contributed by atoms with Crippen molar-refractivity contribution in [1.82, 2.24) is 0 Å². The second-order valence-corrected chi connectivity index (χ2v) is 6.68. The maximum Gasteiger partial charge on any atom is 0.444 e. The van der Waals surface area contributed by atoms with Crippen LogP contribution in [0.25, 0.3) is 0 Å². The highest BCUT2D eigenvalue weighted by Crippen LogP contribution is 2.53. The van der Waals surface area contributed by atoms with Crippen molar-refractivity contribution in [2.75, 3.05) is 0 Å². The Bertz CT molecular complexity index is 611. The van der Waals surface area contributed by atoms with E-state index in [2.05, 4.69) is 0 Å². The Morgan fingerprint density at radius 1 is 1.00 bits per heavy atom. The monoisotopic (exact) mass is 320 g/mol. The molecule has 2 aromatic carbocycles. The Hall–Kier alpha value is -2.26. The van der Waals surface area contributed by atoms with Crippen LogP contribution >= 0.6 is 7.60 Å². The van der Waals surface area contributed by atoms with Crippen molar-refractivity contribution in [3.63, 3.8) is 0 Å². The number of para-hydroxylation sites is 2. The minimum absolute atomic E-state index is 0.131. The molecule has 1 unspecified atom stereocenters. The van der Waals surface area contributed by atoms with Gasteiger partial charge in [0.05, 0.1) is 0 Å². The summed E-state index contributed by atoms with van der Waals surface area (Å²) in [5, 5.41) is 9.33. The lowest BCUT2D eigenvalue weighted by atomic mass is 10.3. The van der Waals surface area contributed by atoms with E-state index in [0.29, 0.717) is 11.5 Å². The van der Waals surface area contributed by atoms with Crippen molar-refractivity contribution in [3.8, 4) is 11.5 Å². The molecule has 0 radical (unpaired) electrons. The lowest BCUT2D eigenvalue weighted by molar-refractivity contribution is -0.136. The van der Waals surface area contributed by atoms with E-state index in [4.69, 9.17) is 9.05 Å². The number of carboxylic acids is 1. The predicted molar refractivity (Wildman–Crippen MR) is 83.5 cm³/mol. The summed E-state index contributed by atoms with van der Waals surface area (Å²) in [6.45, 7) is 1.63. The van der Waals surface area contributed by atoms with Crippen LogP contribution in [0.5, 0.6) is 11.5 Å². The van der Waals surface area contributed by atoms with Crippen LogP contribution < -0.4 is 9.05 Å². The standard InChI is InChI=1S/C16H17O5P/c1-2-15(16(17)18)22(19,20-13-9-5-3-6-10-13)21-14-11-7-4-8-12-14/h3-12,15H,2H2,1H3,(H,17,18). The first-order chi connectivity index (χ1) is 10.5. The molecule has 1 N–H and O–H groups in total. The van der Waals surface area contributed by atoms with Crippen LogP contribution in [0, 0.1) is 0 Å². The Balaban J connectivity index is 2.35. The van der Waals surface area contributed by atoms with E-state index in [1.165, 1.54) is 0 Å². The molecule has 0 aliphatic rings. The highest BCUT2D eigenvalue weighted by Gasteiger charge is 2.43. The molecule has 22 heavy (non-hydrogen) atoms. The van der Waals surface area contributed by atoms with Gasteiger partial charge in [-0.3, -0.25) is 4.79 Å². The first-order valence-corrected chi connectivity index (χ1v) is 8.48. The molecular formula is C16H17O5P. The van der Waals surface area contributed by atoms with Gasteiger partial charge in [-0.1, -0.05) is 43.3 Å². The molecule has 2 rings (SSSR count). The topological polar surface area (TPSA) is 72.8 Å². The smallest absolute Gasteiger partial charge is 0.444 e. The van der Waals surface area contributed by atoms with Crippen molar-refractivity contribution in [1.29, 1.82) is 0 Å². The van der Waals surface area contributed by atoms with Crippen LogP contribution in [0.3, 0.4) is 0 Å². The molecular weight excluding hydrogens is 303 g/mol. The van der Waals surface area contributed by atoms with Gasteiger partial charge in [0.1, 0.15) is 11.5 Å². The van der Waals surface area contributed by atoms with Gasteiger partial charge in [0, 0.05) is 0 Å². The third kappa shape index (κ3) is 3.89. The second-order valence-electron chi connectivity index (χ2n) is 4.61. The summed E-state index contributed by atoms with van der Waals surface area (Å²) >= 11 is 0. The van der Waals surface area contributed by atoms with Crippen molar-refractivity contribution in [2.24, 2.45) is 0 Å². The van der Waals surface area contributed by atoms with E-state index in [0.717, 1.165) is 0 Å². The molecule has 0 aliphatic heterocycles. The van der Waals surface area contributed by atoms with E-state index in [1.807, 2.05) is 0 Å². The second kappa shape index (κ2) is 7.14. The minimum Gasteiger partial charge on any atom is -0.480 e. The Labute approximate surface area is 129 Å². The minimum atomic E-state index is -3.93. The fourth-order valence-corrected chi connectivity index (χ4v) is 3.78. The van der Waals surface area contributed by atoms with Gasteiger partial charge >= 0.3 is 13.6 Å². The van der Waals surface area contributed by atoms with Gasteiger partial charge in [-0.2, -0.15) is 0 Å². The van der Waals surface area contributed by atoms with Gasteiger partial charge in [0.25, 0.3) is 0 Å². The zero-order valence-corrected chi connectivity index (χ0v) is 13.0. The number of aliphatic carboxylic acids is 1. The van der Waals surface area contributed by atoms with Crippen molar-refractivity contribution in [2.45, 2.75) is 19.0 Å². The molecule has 6 heteroatoms. The number of rotatable bonds is 7. The number of carbonyl (C=O) groups is 1. The average molecular weight is 320 g/mol. The summed E-state index contributed by atoms with van der Waals surface area (Å²) in [6.07, 6.45) is 0.131. The third-order valence-electron chi connectivity index (χ3n) is 3.01. The first kappa shape index (κ1) is 16.1. The van der Waals surface area contributed by atoms with E-state index in [1.54, 1.807) is 67.6 Å². The molecule has 116 valence electrons. The number of carboxylic acid groups (broad SMARTS) is 1. The van der Waals surface area contributed by atoms with Crippen molar-refractivity contribution in [3.05, 3.63) is 60.7 Å². The van der Waals surface area contributed by atoms with Gasteiger partial charge in [0.2, 0.25) is 0 Å². The summed E-state index contributed by atoms with van der Waals surface area (Å²) in [6, 6.07) is 16.8. The zero-order valence-electron chi connectivity index (χ0n) is 12.1. The molecule has 0 saturated heterocycles. The van der Waals surface area contributed by atoms with Gasteiger partial charge in [-0.25, -0.2) is 4.57 Å². The van der Waals surface area contributed by atoms with Crippen molar-refractivity contribution >= 4 is 13.6 Å². The number of hydrogen-bond acceptors (Lipinski definition) is 4. The quantitative estimate of drug-likeness (QED) is 0.774. The lowest BCUT2D eigenvalue weighted by Crippen LogP contribution is -2.24. The van der Waals surface area contributed by atoms with Gasteiger partial charge in [-0.05, 0) is 30.7 Å². The van der Waals surface area contributed by atoms with Crippen LogP contribution in [0.2, 0.25) is 0 Å². The largest absolute Gasteiger partial charge is 0.480 e. The fraction of sp³-hybridized carbons (Fsp3) is 0.188. The summed E-state index contributed by atoms with van der Waals surface area (Å²) < 4.78 is 24.0. The highest BCUT2D eigenvalue weighted by molar-refractivity contribution is 7.56. The SMILES string of the molecule is CCC(C(=O)O)P(=O)(Oc1ccccc1)Oc1ccccc1. The zero-order chi connectivity index (χ0) is 16.0. The van der Waals surface area contributed by atoms with Crippen LogP contribution in [0.15, 0.2) is 60.7 Å². The van der Waals surface area contributed by atoms with Crippen LogP contribution in [-0.4, -0.2) is 16.7 Å². The Morgan fingerprint density at radius 2 is 1.41 bits per heavy atom. The highest BCUT2D eigenvalue weighted by atomic mass is 31.2. The third-order valence-corrected chi connectivity index (χ3v) is 5.29. The maximum absolute atomic E-state index is 13.1. The molecule has 0 amide bonds. The first-order valence-electron chi connectivity index (χ1n) is 6.87. The van der Waals surface area contributed by atoms with Crippen LogP contribution in [-0.2, 0) is 9.36 Å². The Kier molecular flexibility index (Phi) is 5.23. The van der Waals surface area contributed by atoms with E-state index in [9.17, 15) is 14.5 Å². The molecule has 0 saturated carbocycles. The molecule has 0 fully saturated rings. The van der Waals surface area contributed by atoms with Crippen LogP contribution in [0.4, 0.5) is 0 Å². The van der Waals surface area contributed by atoms with Gasteiger partial charge in [-0.15, -0.1) is 0 Å². The Morgan fingerprint density at radius 3 is 1.73 bits per heavy atom. The lowest BCUT2D eigenvalue weighted by Gasteiger charge is -2.24. The molecule has 0 aromatic heterocycles. The molecule has 5 nitrogen and oxygen atoms in total.